The first-order chi connectivity index (χ1) is 14.6. The Morgan fingerprint density at radius 2 is 1.83 bits per heavy atom. The van der Waals surface area contributed by atoms with Crippen LogP contribution < -0.4 is 11.0 Å². The molecule has 2 heterocycles. The smallest absolute Gasteiger partial charge is 0.267 e. The topological polar surface area (TPSA) is 69.2 Å². The Bertz CT molecular complexity index is 1160. The fourth-order valence-corrected chi connectivity index (χ4v) is 3.83. The van der Waals surface area contributed by atoms with Crippen molar-refractivity contribution in [1.82, 2.24) is 14.3 Å². The molecule has 0 saturated heterocycles. The monoisotopic (exact) mass is 402 g/mol. The van der Waals surface area contributed by atoms with Gasteiger partial charge in [-0.2, -0.15) is 5.10 Å². The third-order valence-corrected chi connectivity index (χ3v) is 5.47. The molecule has 4 rings (SSSR count). The Balaban J connectivity index is 1.65. The van der Waals surface area contributed by atoms with Crippen LogP contribution in [0.3, 0.4) is 0 Å². The van der Waals surface area contributed by atoms with Gasteiger partial charge in [-0.15, -0.1) is 0 Å². The molecule has 1 saturated carbocycles. The first-order valence-corrected chi connectivity index (χ1v) is 10.5. The molecule has 0 aliphatic heterocycles. The van der Waals surface area contributed by atoms with Crippen LogP contribution in [0.5, 0.6) is 0 Å². The number of hydrogen-bond acceptors (Lipinski definition) is 4. The third kappa shape index (κ3) is 4.64. The number of carbonyl (C=O) groups is 1. The minimum Gasteiger partial charge on any atom is -0.272 e. The number of aryl methyl sites for hydroxylation is 1. The maximum absolute atomic E-state index is 13.1. The maximum atomic E-state index is 13.1. The van der Waals surface area contributed by atoms with Crippen molar-refractivity contribution in [2.45, 2.75) is 51.6 Å². The van der Waals surface area contributed by atoms with Crippen LogP contribution in [-0.4, -0.2) is 26.3 Å². The minimum atomic E-state index is -0.304. The van der Waals surface area contributed by atoms with Crippen LogP contribution in [0.2, 0.25) is 0 Å². The average Bonchev–Trinajstić information content (AvgIpc) is 2.76. The van der Waals surface area contributed by atoms with Gasteiger partial charge < -0.3 is 0 Å². The number of nitrogens with zero attached hydrogens (tertiary/aromatic N) is 4. The van der Waals surface area contributed by atoms with Gasteiger partial charge in [-0.3, -0.25) is 19.1 Å². The van der Waals surface area contributed by atoms with E-state index in [-0.39, 0.29) is 24.1 Å². The quantitative estimate of drug-likeness (QED) is 0.670. The van der Waals surface area contributed by atoms with E-state index in [1.54, 1.807) is 16.8 Å². The van der Waals surface area contributed by atoms with Crippen LogP contribution in [0.15, 0.2) is 70.6 Å². The first kappa shape index (κ1) is 20.0. The van der Waals surface area contributed by atoms with Gasteiger partial charge in [0, 0.05) is 17.8 Å². The lowest BCUT2D eigenvalue weighted by Crippen LogP contribution is -2.35. The van der Waals surface area contributed by atoms with Crippen LogP contribution in [0.1, 0.15) is 42.5 Å². The zero-order valence-corrected chi connectivity index (χ0v) is 17.2. The van der Waals surface area contributed by atoms with E-state index in [4.69, 9.17) is 4.99 Å². The molecule has 1 aliphatic rings. The predicted molar refractivity (Wildman–Crippen MR) is 116 cm³/mol. The molecule has 0 unspecified atom stereocenters. The fourth-order valence-electron chi connectivity index (χ4n) is 3.83. The van der Waals surface area contributed by atoms with Gasteiger partial charge in [0.05, 0.1) is 11.7 Å². The summed E-state index contributed by atoms with van der Waals surface area (Å²) in [4.78, 5) is 30.3. The third-order valence-electron chi connectivity index (χ3n) is 5.47. The van der Waals surface area contributed by atoms with Gasteiger partial charge in [0.25, 0.3) is 11.5 Å². The Labute approximate surface area is 175 Å². The average molecular weight is 402 g/mol. The van der Waals surface area contributed by atoms with E-state index >= 15 is 0 Å². The molecule has 0 N–H and O–H groups in total. The molecule has 0 spiro atoms. The molecular weight excluding hydrogens is 376 g/mol. The van der Waals surface area contributed by atoms with E-state index in [0.717, 1.165) is 24.0 Å². The number of carbonyl (C=O) groups excluding carboxylic acids is 1. The van der Waals surface area contributed by atoms with Gasteiger partial charge in [-0.1, -0.05) is 49.6 Å². The van der Waals surface area contributed by atoms with Crippen LogP contribution in [0.25, 0.3) is 11.3 Å². The molecule has 30 heavy (non-hydrogen) atoms. The van der Waals surface area contributed by atoms with Crippen LogP contribution >= 0.6 is 0 Å². The lowest BCUT2D eigenvalue weighted by Gasteiger charge is -2.18. The van der Waals surface area contributed by atoms with Gasteiger partial charge in [0.2, 0.25) is 0 Å². The zero-order chi connectivity index (χ0) is 20.9. The van der Waals surface area contributed by atoms with Crippen molar-refractivity contribution in [1.29, 1.82) is 0 Å². The largest absolute Gasteiger partial charge is 0.272 e. The molecule has 0 atom stereocenters. The van der Waals surface area contributed by atoms with Crippen LogP contribution in [0.4, 0.5) is 0 Å². The fraction of sp³-hybridized carbons (Fsp3) is 0.333. The Hall–Kier alpha value is -3.28. The second kappa shape index (κ2) is 9.03. The molecule has 0 bridgehead atoms. The highest BCUT2D eigenvalue weighted by molar-refractivity contribution is 5.78. The molecule has 3 aromatic rings. The van der Waals surface area contributed by atoms with E-state index in [1.807, 2.05) is 49.4 Å². The van der Waals surface area contributed by atoms with Gasteiger partial charge in [-0.05, 0) is 43.5 Å². The summed E-state index contributed by atoms with van der Waals surface area (Å²) in [5.74, 6) is -0.232. The maximum Gasteiger partial charge on any atom is 0.267 e. The van der Waals surface area contributed by atoms with Crippen molar-refractivity contribution in [3.05, 3.63) is 82.2 Å². The predicted octanol–water partition coefficient (Wildman–Crippen LogP) is 3.59. The molecular formula is C24H26N4O2. The van der Waals surface area contributed by atoms with Gasteiger partial charge >= 0.3 is 0 Å². The normalized spacial score (nSPS) is 15.3. The van der Waals surface area contributed by atoms with Crippen LogP contribution in [0, 0.1) is 6.92 Å². The summed E-state index contributed by atoms with van der Waals surface area (Å²) < 4.78 is 2.77. The first-order valence-electron chi connectivity index (χ1n) is 10.5. The summed E-state index contributed by atoms with van der Waals surface area (Å²) >= 11 is 0. The Morgan fingerprint density at radius 1 is 1.07 bits per heavy atom. The summed E-state index contributed by atoms with van der Waals surface area (Å²) in [7, 11) is 0. The summed E-state index contributed by atoms with van der Waals surface area (Å²) in [5, 5.41) is 4.41. The number of pyridine rings is 1. The standard InChI is InChI=1S/C24H26N4O2/c1-18-14-15-27(22(16-18)25-20-10-6-3-7-11-20)24(30)17-28-23(29)13-12-21(26-28)19-8-4-2-5-9-19/h2,4-5,8-9,12-16,20H,3,6-7,10-11,17H2,1H3. The molecule has 1 fully saturated rings. The van der Waals surface area contributed by atoms with Crippen molar-refractivity contribution in [2.24, 2.45) is 4.99 Å². The van der Waals surface area contributed by atoms with Gasteiger partial charge in [0.15, 0.2) is 0 Å². The number of rotatable bonds is 4. The van der Waals surface area contributed by atoms with Crippen molar-refractivity contribution >= 4 is 5.91 Å². The van der Waals surface area contributed by atoms with E-state index in [9.17, 15) is 9.59 Å². The molecule has 154 valence electrons. The number of aromatic nitrogens is 3. The van der Waals surface area contributed by atoms with Crippen LogP contribution in [-0.2, 0) is 6.54 Å². The number of benzene rings is 1. The summed E-state index contributed by atoms with van der Waals surface area (Å²) in [5.41, 5.74) is 2.95. The summed E-state index contributed by atoms with van der Waals surface area (Å²) in [6.45, 7) is 1.85. The molecule has 1 aliphatic carbocycles. The second-order valence-electron chi connectivity index (χ2n) is 7.83. The minimum absolute atomic E-state index is 0.138. The highest BCUT2D eigenvalue weighted by Crippen LogP contribution is 2.19. The lowest BCUT2D eigenvalue weighted by atomic mass is 9.96. The second-order valence-corrected chi connectivity index (χ2v) is 7.83. The summed E-state index contributed by atoms with van der Waals surface area (Å²) in [6.07, 6.45) is 7.47. The van der Waals surface area contributed by atoms with Gasteiger partial charge in [0.1, 0.15) is 12.0 Å². The van der Waals surface area contributed by atoms with Crippen molar-refractivity contribution in [2.75, 3.05) is 0 Å². The van der Waals surface area contributed by atoms with E-state index < -0.39 is 0 Å². The van der Waals surface area contributed by atoms with Crippen molar-refractivity contribution < 1.29 is 4.79 Å². The number of hydrogen-bond donors (Lipinski definition) is 0. The zero-order valence-electron chi connectivity index (χ0n) is 17.2. The molecule has 0 radical (unpaired) electrons. The summed E-state index contributed by atoms with van der Waals surface area (Å²) in [6, 6.07) is 16.8. The van der Waals surface area contributed by atoms with E-state index in [2.05, 4.69) is 5.10 Å². The Morgan fingerprint density at radius 3 is 2.60 bits per heavy atom. The lowest BCUT2D eigenvalue weighted by molar-refractivity contribution is 0.0878. The van der Waals surface area contributed by atoms with Crippen molar-refractivity contribution in [3.63, 3.8) is 0 Å². The van der Waals surface area contributed by atoms with Crippen molar-refractivity contribution in [3.8, 4) is 11.3 Å². The van der Waals surface area contributed by atoms with E-state index in [0.29, 0.717) is 11.2 Å². The molecule has 6 heteroatoms. The van der Waals surface area contributed by atoms with Gasteiger partial charge in [-0.25, -0.2) is 4.68 Å². The highest BCUT2D eigenvalue weighted by Gasteiger charge is 2.14. The molecule has 0 amide bonds. The molecule has 1 aromatic carbocycles. The highest BCUT2D eigenvalue weighted by atomic mass is 16.2. The SMILES string of the molecule is Cc1ccn(C(=O)Cn2nc(-c3ccccc3)ccc2=O)c(=NC2CCCCC2)c1. The molecule has 6 nitrogen and oxygen atoms in total. The van der Waals surface area contributed by atoms with E-state index in [1.165, 1.54) is 30.0 Å². The molecule has 2 aromatic heterocycles. The Kier molecular flexibility index (Phi) is 6.02.